The molecule has 0 saturated carbocycles. The fourth-order valence-corrected chi connectivity index (χ4v) is 3.80. The number of rotatable bonds is 7. The number of aryl methyl sites for hydroxylation is 1. The van der Waals surface area contributed by atoms with E-state index < -0.39 is 0 Å². The highest BCUT2D eigenvalue weighted by atomic mass is 32.2. The second kappa shape index (κ2) is 10.7. The molecule has 31 heavy (non-hydrogen) atoms. The summed E-state index contributed by atoms with van der Waals surface area (Å²) in [5.74, 6) is 0.275. The van der Waals surface area contributed by atoms with Crippen molar-refractivity contribution in [3.63, 3.8) is 0 Å². The Kier molecular flexibility index (Phi) is 7.81. The Balaban J connectivity index is 1.51. The number of benzene rings is 3. The van der Waals surface area contributed by atoms with Gasteiger partial charge in [-0.05, 0) is 86.2 Å². The lowest BCUT2D eigenvalue weighted by Gasteiger charge is -2.12. The molecule has 1 amide bonds. The van der Waals surface area contributed by atoms with E-state index in [1.54, 1.807) is 12.1 Å². The third kappa shape index (κ3) is 7.24. The van der Waals surface area contributed by atoms with Crippen LogP contribution in [0.25, 0.3) is 0 Å². The Morgan fingerprint density at radius 3 is 2.16 bits per heavy atom. The summed E-state index contributed by atoms with van der Waals surface area (Å²) in [4.78, 5) is 24.6. The number of ketones is 1. The number of amides is 1. The smallest absolute Gasteiger partial charge is 0.234 e. The summed E-state index contributed by atoms with van der Waals surface area (Å²) in [5.41, 5.74) is 4.17. The molecule has 0 unspecified atom stereocenters. The van der Waals surface area contributed by atoms with E-state index in [2.05, 4.69) is 16.0 Å². The maximum absolute atomic E-state index is 12.2. The predicted octanol–water partition coefficient (Wildman–Crippen LogP) is 5.74. The average Bonchev–Trinajstić information content (AvgIpc) is 2.73. The Morgan fingerprint density at radius 2 is 1.48 bits per heavy atom. The first-order valence-corrected chi connectivity index (χ1v) is 11.1. The van der Waals surface area contributed by atoms with Gasteiger partial charge in [0.25, 0.3) is 0 Å². The van der Waals surface area contributed by atoms with Gasteiger partial charge in [0, 0.05) is 27.5 Å². The number of nitrogens with one attached hydrogen (secondary N) is 3. The maximum atomic E-state index is 12.2. The molecule has 0 atom stereocenters. The molecule has 3 N–H and O–H groups in total. The molecule has 7 heteroatoms. The lowest BCUT2D eigenvalue weighted by atomic mass is 10.1. The van der Waals surface area contributed by atoms with Crippen LogP contribution < -0.4 is 16.0 Å². The first kappa shape index (κ1) is 22.5. The molecule has 0 aliphatic rings. The van der Waals surface area contributed by atoms with Crippen molar-refractivity contribution in [2.45, 2.75) is 18.7 Å². The summed E-state index contributed by atoms with van der Waals surface area (Å²) >= 11 is 6.83. The molecule has 0 aliphatic heterocycles. The fraction of sp³-hybridized carbons (Fsp3) is 0.125. The lowest BCUT2D eigenvalue weighted by Crippen LogP contribution is -2.19. The van der Waals surface area contributed by atoms with Crippen molar-refractivity contribution in [1.29, 1.82) is 0 Å². The molecule has 3 aromatic rings. The Labute approximate surface area is 191 Å². The summed E-state index contributed by atoms with van der Waals surface area (Å²) < 4.78 is 0. The van der Waals surface area contributed by atoms with Crippen molar-refractivity contribution in [2.75, 3.05) is 21.7 Å². The second-order valence-corrected chi connectivity index (χ2v) is 8.40. The van der Waals surface area contributed by atoms with Gasteiger partial charge >= 0.3 is 0 Å². The van der Waals surface area contributed by atoms with Crippen molar-refractivity contribution in [3.8, 4) is 0 Å². The SMILES string of the molecule is CC(=O)c1ccc(NC(=S)Nc2cccc(SCC(=O)Nc3cccc(C)c3)c2)cc1. The first-order valence-electron chi connectivity index (χ1n) is 9.67. The molecule has 3 aromatic carbocycles. The van der Waals surface area contributed by atoms with E-state index in [1.165, 1.54) is 18.7 Å². The molecule has 5 nitrogen and oxygen atoms in total. The van der Waals surface area contributed by atoms with Crippen LogP contribution in [-0.2, 0) is 4.79 Å². The quantitative estimate of drug-likeness (QED) is 0.243. The van der Waals surface area contributed by atoms with E-state index in [9.17, 15) is 9.59 Å². The molecule has 0 heterocycles. The van der Waals surface area contributed by atoms with Gasteiger partial charge in [-0.2, -0.15) is 0 Å². The van der Waals surface area contributed by atoms with Crippen LogP contribution in [0.5, 0.6) is 0 Å². The second-order valence-electron chi connectivity index (χ2n) is 6.95. The largest absolute Gasteiger partial charge is 0.332 e. The van der Waals surface area contributed by atoms with Crippen molar-refractivity contribution in [3.05, 3.63) is 83.9 Å². The number of carbonyl (C=O) groups is 2. The van der Waals surface area contributed by atoms with E-state index in [-0.39, 0.29) is 11.7 Å². The molecule has 0 radical (unpaired) electrons. The van der Waals surface area contributed by atoms with Gasteiger partial charge in [0.15, 0.2) is 10.9 Å². The van der Waals surface area contributed by atoms with Crippen LogP contribution in [-0.4, -0.2) is 22.6 Å². The van der Waals surface area contributed by atoms with Gasteiger partial charge in [0.2, 0.25) is 5.91 Å². The fourth-order valence-electron chi connectivity index (χ4n) is 2.81. The van der Waals surface area contributed by atoms with Crippen LogP contribution in [0, 0.1) is 6.92 Å². The molecule has 0 spiro atoms. The Hall–Kier alpha value is -3.16. The zero-order valence-corrected chi connectivity index (χ0v) is 18.9. The summed E-state index contributed by atoms with van der Waals surface area (Å²) in [6.45, 7) is 3.52. The van der Waals surface area contributed by atoms with E-state index in [0.29, 0.717) is 16.4 Å². The lowest BCUT2D eigenvalue weighted by molar-refractivity contribution is -0.113. The topological polar surface area (TPSA) is 70.2 Å². The number of thiocarbonyl (C=S) groups is 1. The van der Waals surface area contributed by atoms with Gasteiger partial charge in [-0.1, -0.05) is 18.2 Å². The Bertz CT molecular complexity index is 1100. The van der Waals surface area contributed by atoms with Crippen LogP contribution in [0.15, 0.2) is 77.7 Å². The average molecular weight is 450 g/mol. The normalized spacial score (nSPS) is 10.3. The van der Waals surface area contributed by atoms with Gasteiger partial charge in [0.1, 0.15) is 0 Å². The number of carbonyl (C=O) groups excluding carboxylic acids is 2. The van der Waals surface area contributed by atoms with Crippen molar-refractivity contribution in [2.24, 2.45) is 0 Å². The predicted molar refractivity (Wildman–Crippen MR) is 133 cm³/mol. The standard InChI is InChI=1S/C24H23N3O2S2/c1-16-5-3-6-20(13-16)25-23(29)15-31-22-8-4-7-21(14-22)27-24(30)26-19-11-9-18(10-12-19)17(2)28/h3-14H,15H2,1-2H3,(H,25,29)(H2,26,27,30). The number of thioether (sulfide) groups is 1. The van der Waals surface area contributed by atoms with E-state index in [4.69, 9.17) is 12.2 Å². The molecule has 0 fully saturated rings. The minimum Gasteiger partial charge on any atom is -0.332 e. The van der Waals surface area contributed by atoms with Crippen LogP contribution in [0.3, 0.4) is 0 Å². The molecule has 0 aromatic heterocycles. The van der Waals surface area contributed by atoms with Crippen LogP contribution in [0.2, 0.25) is 0 Å². The maximum Gasteiger partial charge on any atom is 0.234 e. The van der Waals surface area contributed by atoms with E-state index in [1.807, 2.05) is 67.6 Å². The molecule has 0 bridgehead atoms. The van der Waals surface area contributed by atoms with Crippen LogP contribution >= 0.6 is 24.0 Å². The zero-order valence-electron chi connectivity index (χ0n) is 17.3. The summed E-state index contributed by atoms with van der Waals surface area (Å²) in [6.07, 6.45) is 0. The number of Topliss-reactive ketones (excluding diaryl/α,β-unsaturated/α-hetero) is 1. The summed E-state index contributed by atoms with van der Waals surface area (Å²) in [5, 5.41) is 9.59. The zero-order chi connectivity index (χ0) is 22.2. The molecular formula is C24H23N3O2S2. The van der Waals surface area contributed by atoms with Gasteiger partial charge in [-0.25, -0.2) is 0 Å². The van der Waals surface area contributed by atoms with Crippen molar-refractivity contribution in [1.82, 2.24) is 0 Å². The van der Waals surface area contributed by atoms with Gasteiger partial charge in [-0.15, -0.1) is 11.8 Å². The monoisotopic (exact) mass is 449 g/mol. The highest BCUT2D eigenvalue weighted by Crippen LogP contribution is 2.22. The molecule has 0 aliphatic carbocycles. The van der Waals surface area contributed by atoms with Gasteiger partial charge < -0.3 is 16.0 Å². The number of hydrogen-bond donors (Lipinski definition) is 3. The molecular weight excluding hydrogens is 426 g/mol. The van der Waals surface area contributed by atoms with Gasteiger partial charge in [-0.3, -0.25) is 9.59 Å². The third-order valence-corrected chi connectivity index (χ3v) is 5.51. The van der Waals surface area contributed by atoms with Crippen LogP contribution in [0.4, 0.5) is 17.1 Å². The minimum absolute atomic E-state index is 0.0223. The minimum atomic E-state index is -0.0554. The highest BCUT2D eigenvalue weighted by Gasteiger charge is 2.06. The van der Waals surface area contributed by atoms with Gasteiger partial charge in [0.05, 0.1) is 5.75 Å². The number of anilines is 3. The third-order valence-electron chi connectivity index (χ3n) is 4.31. The van der Waals surface area contributed by atoms with E-state index >= 15 is 0 Å². The highest BCUT2D eigenvalue weighted by molar-refractivity contribution is 8.00. The van der Waals surface area contributed by atoms with Crippen molar-refractivity contribution < 1.29 is 9.59 Å². The summed E-state index contributed by atoms with van der Waals surface area (Å²) in [6, 6.07) is 22.6. The molecule has 3 rings (SSSR count). The van der Waals surface area contributed by atoms with Crippen LogP contribution in [0.1, 0.15) is 22.8 Å². The first-order chi connectivity index (χ1) is 14.9. The number of hydrogen-bond acceptors (Lipinski definition) is 4. The summed E-state index contributed by atoms with van der Waals surface area (Å²) in [7, 11) is 0. The van der Waals surface area contributed by atoms with Crippen molar-refractivity contribution >= 4 is 57.8 Å². The Morgan fingerprint density at radius 1 is 0.839 bits per heavy atom. The van der Waals surface area contributed by atoms with E-state index in [0.717, 1.165) is 27.5 Å². The molecule has 0 saturated heterocycles. The molecule has 158 valence electrons.